The molecule has 0 spiro atoms. The van der Waals surface area contributed by atoms with E-state index in [-0.39, 0.29) is 11.7 Å². The van der Waals surface area contributed by atoms with Crippen molar-refractivity contribution in [3.8, 4) is 0 Å². The molecule has 0 radical (unpaired) electrons. The molecule has 86 valence electrons. The molecular formula is C12H15FN2O. The second-order valence-electron chi connectivity index (χ2n) is 4.05. The Morgan fingerprint density at radius 3 is 3.06 bits per heavy atom. The van der Waals surface area contributed by atoms with Gasteiger partial charge in [-0.2, -0.15) is 0 Å². The molecule has 4 heteroatoms. The van der Waals surface area contributed by atoms with Crippen molar-refractivity contribution in [3.63, 3.8) is 0 Å². The van der Waals surface area contributed by atoms with Gasteiger partial charge in [0.05, 0.1) is 6.54 Å². The number of likely N-dealkylation sites (N-methyl/N-ethyl adjacent to an activating group) is 1. The standard InChI is InChI=1S/C12H15FN2O/c1-14-12(16)8-15-5-4-9-2-3-11(13)6-10(9)7-15/h2-3,6H,4-5,7-8H2,1H3,(H,14,16). The van der Waals surface area contributed by atoms with Crippen LogP contribution in [0.1, 0.15) is 11.1 Å². The van der Waals surface area contributed by atoms with E-state index in [2.05, 4.69) is 5.32 Å². The van der Waals surface area contributed by atoms with Crippen LogP contribution in [0.4, 0.5) is 4.39 Å². The lowest BCUT2D eigenvalue weighted by atomic mass is 10.00. The molecule has 1 aliphatic rings. The summed E-state index contributed by atoms with van der Waals surface area (Å²) in [6.07, 6.45) is 0.882. The topological polar surface area (TPSA) is 32.3 Å². The maximum absolute atomic E-state index is 13.1. The summed E-state index contributed by atoms with van der Waals surface area (Å²) in [5.74, 6) is -0.208. The average molecular weight is 222 g/mol. The molecule has 0 unspecified atom stereocenters. The second-order valence-corrected chi connectivity index (χ2v) is 4.05. The lowest BCUT2D eigenvalue weighted by Gasteiger charge is -2.27. The molecule has 1 aliphatic heterocycles. The molecule has 1 aromatic carbocycles. The maximum Gasteiger partial charge on any atom is 0.233 e. The lowest BCUT2D eigenvalue weighted by molar-refractivity contribution is -0.121. The highest BCUT2D eigenvalue weighted by Crippen LogP contribution is 2.19. The molecule has 0 saturated carbocycles. The quantitative estimate of drug-likeness (QED) is 0.807. The minimum atomic E-state index is -0.208. The Labute approximate surface area is 94.3 Å². The molecule has 1 aromatic rings. The van der Waals surface area contributed by atoms with Crippen LogP contribution >= 0.6 is 0 Å². The average Bonchev–Trinajstić information content (AvgIpc) is 2.28. The number of hydrogen-bond acceptors (Lipinski definition) is 2. The molecule has 0 atom stereocenters. The van der Waals surface area contributed by atoms with Crippen LogP contribution in [-0.2, 0) is 17.8 Å². The van der Waals surface area contributed by atoms with Crippen LogP contribution in [0, 0.1) is 5.82 Å². The fraction of sp³-hybridized carbons (Fsp3) is 0.417. The monoisotopic (exact) mass is 222 g/mol. The first-order chi connectivity index (χ1) is 7.69. The number of nitrogens with one attached hydrogen (secondary N) is 1. The lowest BCUT2D eigenvalue weighted by Crippen LogP contribution is -2.38. The van der Waals surface area contributed by atoms with E-state index in [1.807, 2.05) is 11.0 Å². The van der Waals surface area contributed by atoms with Crippen LogP contribution in [0.25, 0.3) is 0 Å². The van der Waals surface area contributed by atoms with E-state index in [0.29, 0.717) is 13.1 Å². The maximum atomic E-state index is 13.1. The van der Waals surface area contributed by atoms with Gasteiger partial charge in [-0.1, -0.05) is 6.07 Å². The Kier molecular flexibility index (Phi) is 3.19. The van der Waals surface area contributed by atoms with Crippen LogP contribution in [0.5, 0.6) is 0 Å². The molecule has 2 rings (SSSR count). The summed E-state index contributed by atoms with van der Waals surface area (Å²) >= 11 is 0. The third-order valence-corrected chi connectivity index (χ3v) is 2.91. The van der Waals surface area contributed by atoms with Gasteiger partial charge in [-0.25, -0.2) is 4.39 Å². The van der Waals surface area contributed by atoms with Crippen molar-refractivity contribution in [1.29, 1.82) is 0 Å². The number of benzene rings is 1. The number of carbonyl (C=O) groups excluding carboxylic acids is 1. The zero-order valence-corrected chi connectivity index (χ0v) is 9.29. The van der Waals surface area contributed by atoms with Crippen molar-refractivity contribution >= 4 is 5.91 Å². The Hall–Kier alpha value is -1.42. The third kappa shape index (κ3) is 2.39. The summed E-state index contributed by atoms with van der Waals surface area (Å²) < 4.78 is 13.1. The van der Waals surface area contributed by atoms with Crippen molar-refractivity contribution < 1.29 is 9.18 Å². The van der Waals surface area contributed by atoms with Gasteiger partial charge in [-0.3, -0.25) is 9.69 Å². The molecule has 0 saturated heterocycles. The fourth-order valence-corrected chi connectivity index (χ4v) is 2.00. The van der Waals surface area contributed by atoms with E-state index in [9.17, 15) is 9.18 Å². The van der Waals surface area contributed by atoms with Crippen molar-refractivity contribution in [3.05, 3.63) is 35.1 Å². The highest BCUT2D eigenvalue weighted by atomic mass is 19.1. The number of fused-ring (bicyclic) bond motifs is 1. The zero-order chi connectivity index (χ0) is 11.5. The number of carbonyl (C=O) groups is 1. The van der Waals surface area contributed by atoms with E-state index in [1.54, 1.807) is 13.1 Å². The van der Waals surface area contributed by atoms with E-state index >= 15 is 0 Å². The Bertz CT molecular complexity index is 406. The molecule has 3 nitrogen and oxygen atoms in total. The predicted molar refractivity (Wildman–Crippen MR) is 59.4 cm³/mol. The largest absolute Gasteiger partial charge is 0.358 e. The minimum absolute atomic E-state index is 0.000136. The van der Waals surface area contributed by atoms with Crippen molar-refractivity contribution in [1.82, 2.24) is 10.2 Å². The van der Waals surface area contributed by atoms with Gasteiger partial charge in [0, 0.05) is 20.1 Å². The number of amides is 1. The van der Waals surface area contributed by atoms with Crippen LogP contribution in [0.15, 0.2) is 18.2 Å². The Morgan fingerprint density at radius 1 is 1.50 bits per heavy atom. The first kappa shape index (κ1) is 11.1. The smallest absolute Gasteiger partial charge is 0.233 e. The van der Waals surface area contributed by atoms with Gasteiger partial charge in [0.15, 0.2) is 0 Å². The van der Waals surface area contributed by atoms with E-state index in [1.165, 1.54) is 11.6 Å². The molecule has 0 aromatic heterocycles. The van der Waals surface area contributed by atoms with Gasteiger partial charge in [0.25, 0.3) is 0 Å². The van der Waals surface area contributed by atoms with Crippen LogP contribution in [0.2, 0.25) is 0 Å². The summed E-state index contributed by atoms with van der Waals surface area (Å²) in [4.78, 5) is 13.3. The normalized spacial score (nSPS) is 15.6. The van der Waals surface area contributed by atoms with Gasteiger partial charge >= 0.3 is 0 Å². The molecule has 0 fully saturated rings. The van der Waals surface area contributed by atoms with Crippen LogP contribution < -0.4 is 5.32 Å². The first-order valence-electron chi connectivity index (χ1n) is 5.39. The second kappa shape index (κ2) is 4.61. The molecular weight excluding hydrogens is 207 g/mol. The Balaban J connectivity index is 2.08. The number of hydrogen-bond donors (Lipinski definition) is 1. The van der Waals surface area contributed by atoms with E-state index in [0.717, 1.165) is 18.5 Å². The summed E-state index contributed by atoms with van der Waals surface area (Å²) in [7, 11) is 1.62. The van der Waals surface area contributed by atoms with Crippen LogP contribution in [-0.4, -0.2) is 30.9 Å². The number of rotatable bonds is 2. The van der Waals surface area contributed by atoms with Crippen LogP contribution in [0.3, 0.4) is 0 Å². The SMILES string of the molecule is CNC(=O)CN1CCc2ccc(F)cc2C1. The van der Waals surface area contributed by atoms with Gasteiger partial charge in [0.1, 0.15) is 5.82 Å². The zero-order valence-electron chi connectivity index (χ0n) is 9.29. The molecule has 0 aliphatic carbocycles. The van der Waals surface area contributed by atoms with Gasteiger partial charge in [-0.15, -0.1) is 0 Å². The van der Waals surface area contributed by atoms with Crippen molar-refractivity contribution in [2.45, 2.75) is 13.0 Å². The number of halogens is 1. The summed E-state index contributed by atoms with van der Waals surface area (Å²) in [6.45, 7) is 1.89. The number of nitrogens with zero attached hydrogens (tertiary/aromatic N) is 1. The first-order valence-corrected chi connectivity index (χ1v) is 5.39. The van der Waals surface area contributed by atoms with Gasteiger partial charge < -0.3 is 5.32 Å². The Morgan fingerprint density at radius 2 is 2.31 bits per heavy atom. The fourth-order valence-electron chi connectivity index (χ4n) is 2.00. The summed E-state index contributed by atoms with van der Waals surface area (Å²) in [5.41, 5.74) is 2.18. The minimum Gasteiger partial charge on any atom is -0.358 e. The van der Waals surface area contributed by atoms with Crippen molar-refractivity contribution in [2.24, 2.45) is 0 Å². The van der Waals surface area contributed by atoms with Gasteiger partial charge in [-0.05, 0) is 29.7 Å². The van der Waals surface area contributed by atoms with Crippen molar-refractivity contribution in [2.75, 3.05) is 20.1 Å². The molecule has 0 bridgehead atoms. The van der Waals surface area contributed by atoms with E-state index < -0.39 is 0 Å². The summed E-state index contributed by atoms with van der Waals surface area (Å²) in [5, 5.41) is 2.59. The van der Waals surface area contributed by atoms with E-state index in [4.69, 9.17) is 0 Å². The highest BCUT2D eigenvalue weighted by Gasteiger charge is 2.18. The summed E-state index contributed by atoms with van der Waals surface area (Å²) in [6, 6.07) is 4.89. The highest BCUT2D eigenvalue weighted by molar-refractivity contribution is 5.77. The molecule has 1 amide bonds. The third-order valence-electron chi connectivity index (χ3n) is 2.91. The van der Waals surface area contributed by atoms with Gasteiger partial charge in [0.2, 0.25) is 5.91 Å². The molecule has 16 heavy (non-hydrogen) atoms. The molecule has 1 heterocycles. The molecule has 1 N–H and O–H groups in total. The predicted octanol–water partition coefficient (Wildman–Crippen LogP) is 0.930.